The second kappa shape index (κ2) is 2.98. The molecule has 0 bridgehead atoms. The predicted octanol–water partition coefficient (Wildman–Crippen LogP) is 1.78. The monoisotopic (exact) mass is 174 g/mol. The molecule has 1 aliphatic carbocycles. The molecule has 0 heterocycles. The molecule has 2 heteroatoms. The molecular formula is C11H14N2. The van der Waals surface area contributed by atoms with Crippen LogP contribution >= 0.6 is 0 Å². The molecule has 1 atom stereocenters. The van der Waals surface area contributed by atoms with Crippen molar-refractivity contribution in [3.8, 4) is 0 Å². The van der Waals surface area contributed by atoms with E-state index in [1.54, 1.807) is 0 Å². The zero-order valence-electron chi connectivity index (χ0n) is 7.75. The molecule has 0 spiro atoms. The number of hydrazine groups is 1. The number of hydrogen-bond acceptors (Lipinski definition) is 2. The van der Waals surface area contributed by atoms with Gasteiger partial charge in [0.25, 0.3) is 0 Å². The van der Waals surface area contributed by atoms with Crippen LogP contribution in [-0.2, 0) is 5.54 Å². The Labute approximate surface area is 78.4 Å². The average molecular weight is 174 g/mol. The number of rotatable bonds is 1. The maximum absolute atomic E-state index is 5.57. The van der Waals surface area contributed by atoms with Gasteiger partial charge in [0.1, 0.15) is 0 Å². The molecule has 0 saturated heterocycles. The van der Waals surface area contributed by atoms with E-state index in [1.807, 2.05) is 12.1 Å². The van der Waals surface area contributed by atoms with E-state index in [4.69, 9.17) is 5.84 Å². The van der Waals surface area contributed by atoms with Gasteiger partial charge in [-0.1, -0.05) is 36.4 Å². The van der Waals surface area contributed by atoms with Gasteiger partial charge in [-0.2, -0.15) is 0 Å². The lowest BCUT2D eigenvalue weighted by Gasteiger charge is -2.32. The fourth-order valence-corrected chi connectivity index (χ4v) is 1.81. The van der Waals surface area contributed by atoms with E-state index in [0.717, 1.165) is 6.42 Å². The quantitative estimate of drug-likeness (QED) is 0.503. The average Bonchev–Trinajstić information content (AvgIpc) is 2.19. The Morgan fingerprint density at radius 2 is 2.15 bits per heavy atom. The summed E-state index contributed by atoms with van der Waals surface area (Å²) >= 11 is 0. The van der Waals surface area contributed by atoms with E-state index in [0.29, 0.717) is 0 Å². The zero-order valence-corrected chi connectivity index (χ0v) is 7.75. The molecule has 1 aliphatic rings. The molecule has 0 aliphatic heterocycles. The Morgan fingerprint density at radius 3 is 2.92 bits per heavy atom. The van der Waals surface area contributed by atoms with Gasteiger partial charge in [0.2, 0.25) is 0 Å². The van der Waals surface area contributed by atoms with Crippen LogP contribution < -0.4 is 11.3 Å². The minimum absolute atomic E-state index is 0.106. The molecule has 1 unspecified atom stereocenters. The van der Waals surface area contributed by atoms with Crippen LogP contribution in [0, 0.1) is 0 Å². The first-order valence-electron chi connectivity index (χ1n) is 4.50. The lowest BCUT2D eigenvalue weighted by molar-refractivity contribution is 0.375. The Balaban J connectivity index is 2.55. The summed E-state index contributed by atoms with van der Waals surface area (Å²) in [5.74, 6) is 5.57. The number of hydrogen-bond donors (Lipinski definition) is 2. The summed E-state index contributed by atoms with van der Waals surface area (Å²) in [5, 5.41) is 0. The van der Waals surface area contributed by atoms with Crippen molar-refractivity contribution >= 4 is 6.08 Å². The van der Waals surface area contributed by atoms with Crippen molar-refractivity contribution < 1.29 is 0 Å². The second-order valence-corrected chi connectivity index (χ2v) is 3.67. The van der Waals surface area contributed by atoms with Gasteiger partial charge in [0, 0.05) is 0 Å². The summed E-state index contributed by atoms with van der Waals surface area (Å²) in [6, 6.07) is 8.33. The summed E-state index contributed by atoms with van der Waals surface area (Å²) in [5.41, 5.74) is 5.32. The molecular weight excluding hydrogens is 160 g/mol. The molecule has 13 heavy (non-hydrogen) atoms. The van der Waals surface area contributed by atoms with E-state index in [-0.39, 0.29) is 5.54 Å². The van der Waals surface area contributed by atoms with Crippen molar-refractivity contribution in [1.29, 1.82) is 0 Å². The van der Waals surface area contributed by atoms with Crippen LogP contribution in [0.5, 0.6) is 0 Å². The van der Waals surface area contributed by atoms with Gasteiger partial charge in [0.05, 0.1) is 5.54 Å². The SMILES string of the molecule is CC1(NN)CC=Cc2ccccc21. The maximum atomic E-state index is 5.57. The fraction of sp³-hybridized carbons (Fsp3) is 0.273. The van der Waals surface area contributed by atoms with E-state index in [9.17, 15) is 0 Å². The van der Waals surface area contributed by atoms with Crippen molar-refractivity contribution in [2.75, 3.05) is 0 Å². The zero-order chi connectivity index (χ0) is 9.31. The third-order valence-corrected chi connectivity index (χ3v) is 2.70. The number of nitrogens with two attached hydrogens (primary N) is 1. The van der Waals surface area contributed by atoms with Crippen LogP contribution in [0.3, 0.4) is 0 Å². The third kappa shape index (κ3) is 1.28. The molecule has 1 aromatic rings. The number of nitrogens with one attached hydrogen (secondary N) is 1. The van der Waals surface area contributed by atoms with Crippen LogP contribution in [0.15, 0.2) is 30.3 Å². The molecule has 0 radical (unpaired) electrons. The van der Waals surface area contributed by atoms with Crippen molar-refractivity contribution in [3.05, 3.63) is 41.5 Å². The van der Waals surface area contributed by atoms with E-state index in [1.165, 1.54) is 11.1 Å². The molecule has 68 valence electrons. The summed E-state index contributed by atoms with van der Waals surface area (Å²) in [6.07, 6.45) is 5.25. The lowest BCUT2D eigenvalue weighted by atomic mass is 9.82. The highest BCUT2D eigenvalue weighted by atomic mass is 15.3. The fourth-order valence-electron chi connectivity index (χ4n) is 1.81. The highest BCUT2D eigenvalue weighted by molar-refractivity contribution is 5.58. The second-order valence-electron chi connectivity index (χ2n) is 3.67. The van der Waals surface area contributed by atoms with E-state index in [2.05, 4.69) is 36.6 Å². The molecule has 0 amide bonds. The van der Waals surface area contributed by atoms with Crippen molar-refractivity contribution in [1.82, 2.24) is 5.43 Å². The lowest BCUT2D eigenvalue weighted by Crippen LogP contribution is -2.45. The van der Waals surface area contributed by atoms with Gasteiger partial charge >= 0.3 is 0 Å². The van der Waals surface area contributed by atoms with Crippen molar-refractivity contribution in [2.45, 2.75) is 18.9 Å². The first kappa shape index (κ1) is 8.48. The highest BCUT2D eigenvalue weighted by Gasteiger charge is 2.27. The highest BCUT2D eigenvalue weighted by Crippen LogP contribution is 2.32. The Kier molecular flexibility index (Phi) is 1.94. The third-order valence-electron chi connectivity index (χ3n) is 2.70. The number of fused-ring (bicyclic) bond motifs is 1. The largest absolute Gasteiger partial charge is 0.271 e. The van der Waals surface area contributed by atoms with E-state index < -0.39 is 0 Å². The molecule has 0 fully saturated rings. The van der Waals surface area contributed by atoms with Crippen molar-refractivity contribution in [3.63, 3.8) is 0 Å². The van der Waals surface area contributed by atoms with Gasteiger partial charge < -0.3 is 0 Å². The summed E-state index contributed by atoms with van der Waals surface area (Å²) in [4.78, 5) is 0. The van der Waals surface area contributed by atoms with Crippen molar-refractivity contribution in [2.24, 2.45) is 5.84 Å². The topological polar surface area (TPSA) is 38.0 Å². The molecule has 3 N–H and O–H groups in total. The van der Waals surface area contributed by atoms with Crippen LogP contribution in [0.2, 0.25) is 0 Å². The maximum Gasteiger partial charge on any atom is 0.0581 e. The summed E-state index contributed by atoms with van der Waals surface area (Å²) in [6.45, 7) is 2.12. The molecule has 2 nitrogen and oxygen atoms in total. The van der Waals surface area contributed by atoms with Gasteiger partial charge in [-0.25, -0.2) is 5.43 Å². The van der Waals surface area contributed by atoms with Crippen LogP contribution in [0.1, 0.15) is 24.5 Å². The molecule has 1 aromatic carbocycles. The molecule has 0 saturated carbocycles. The Morgan fingerprint density at radius 1 is 1.38 bits per heavy atom. The van der Waals surface area contributed by atoms with Gasteiger partial charge in [0.15, 0.2) is 0 Å². The van der Waals surface area contributed by atoms with Gasteiger partial charge in [-0.15, -0.1) is 0 Å². The van der Waals surface area contributed by atoms with E-state index >= 15 is 0 Å². The Hall–Kier alpha value is -1.12. The smallest absolute Gasteiger partial charge is 0.0581 e. The van der Waals surface area contributed by atoms with Crippen LogP contribution in [-0.4, -0.2) is 0 Å². The normalized spacial score (nSPS) is 25.7. The number of benzene rings is 1. The predicted molar refractivity (Wildman–Crippen MR) is 54.8 cm³/mol. The Bertz CT molecular complexity index is 344. The standard InChI is InChI=1S/C11H14N2/c1-11(13-12)8-4-6-9-5-2-3-7-10(9)11/h2-7,13H,8,12H2,1H3. The molecule has 0 aromatic heterocycles. The first-order chi connectivity index (χ1) is 6.26. The van der Waals surface area contributed by atoms with Crippen LogP contribution in [0.25, 0.3) is 6.08 Å². The first-order valence-corrected chi connectivity index (χ1v) is 4.50. The van der Waals surface area contributed by atoms with Crippen LogP contribution in [0.4, 0.5) is 0 Å². The summed E-state index contributed by atoms with van der Waals surface area (Å²) in [7, 11) is 0. The molecule has 2 rings (SSSR count). The van der Waals surface area contributed by atoms with Gasteiger partial charge in [-0.3, -0.25) is 5.84 Å². The van der Waals surface area contributed by atoms with Gasteiger partial charge in [-0.05, 0) is 24.5 Å². The summed E-state index contributed by atoms with van der Waals surface area (Å²) < 4.78 is 0. The minimum Gasteiger partial charge on any atom is -0.271 e. The minimum atomic E-state index is -0.106.